The number of nitrogens with zero attached hydrogens (tertiary/aromatic N) is 2. The molecule has 0 fully saturated rings. The number of alkyl halides is 6. The van der Waals surface area contributed by atoms with Crippen LogP contribution in [-0.4, -0.2) is 24.3 Å². The van der Waals surface area contributed by atoms with Crippen LogP contribution in [0.15, 0.2) is 85.2 Å². The van der Waals surface area contributed by atoms with Crippen LogP contribution >= 0.6 is 23.2 Å². The molecule has 8 nitrogen and oxygen atoms in total. The van der Waals surface area contributed by atoms with Crippen molar-refractivity contribution in [2.75, 3.05) is 10.6 Å². The summed E-state index contributed by atoms with van der Waals surface area (Å²) in [6.07, 6.45) is -2.69. The largest absolute Gasteiger partial charge is 0.542 e. The van der Waals surface area contributed by atoms with E-state index in [4.69, 9.17) is 43.0 Å². The van der Waals surface area contributed by atoms with E-state index in [1.165, 1.54) is 21.9 Å². The SMILES string of the molecule is Clc1ccc2c3cc[n+](c2c1)CCCCC[n+]1ccc(c2ccc(Cl)cc21)NCc1ccc(cc1)CN3.O=C([O-])C(F)(F)F.O=C([O-])C(F)(F)F. The van der Waals surface area contributed by atoms with Crippen molar-refractivity contribution in [3.05, 3.63) is 106 Å². The molecule has 5 heterocycles. The second kappa shape index (κ2) is 16.9. The molecule has 0 atom stereocenters. The van der Waals surface area contributed by atoms with Gasteiger partial charge in [0.05, 0.1) is 22.1 Å². The van der Waals surface area contributed by atoms with Gasteiger partial charge in [-0.3, -0.25) is 0 Å². The number of carbonyl (C=O) groups is 2. The second-order valence-electron chi connectivity index (χ2n) is 11.3. The van der Waals surface area contributed by atoms with Crippen LogP contribution < -0.4 is 30.0 Å². The number of carboxylic acids is 2. The summed E-state index contributed by atoms with van der Waals surface area (Å²) in [4.78, 5) is 17.6. The number of nitrogens with one attached hydrogen (secondary N) is 2. The molecule has 0 amide bonds. The smallest absolute Gasteiger partial charge is 0.430 e. The molecule has 0 saturated carbocycles. The number of fused-ring (bicyclic) bond motifs is 3. The third kappa shape index (κ3) is 11.1. The Kier molecular flexibility index (Phi) is 12.9. The first-order valence-corrected chi connectivity index (χ1v) is 16.1. The number of anilines is 2. The van der Waals surface area contributed by atoms with Gasteiger partial charge in [-0.2, -0.15) is 35.5 Å². The van der Waals surface area contributed by atoms with Gasteiger partial charge in [-0.1, -0.05) is 47.5 Å². The van der Waals surface area contributed by atoms with Crippen LogP contribution in [0.4, 0.5) is 37.7 Å². The van der Waals surface area contributed by atoms with Gasteiger partial charge in [0.1, 0.15) is 25.0 Å². The van der Waals surface area contributed by atoms with Crippen molar-refractivity contribution >= 4 is 68.3 Å². The zero-order valence-corrected chi connectivity index (χ0v) is 28.1. The summed E-state index contributed by atoms with van der Waals surface area (Å²) in [5.41, 5.74) is 7.07. The van der Waals surface area contributed by atoms with Crippen LogP contribution in [-0.2, 0) is 35.8 Å². The fraction of sp³-hybridized carbons (Fsp3) is 0.257. The summed E-state index contributed by atoms with van der Waals surface area (Å²) < 4.78 is 67.7. The van der Waals surface area contributed by atoms with Crippen molar-refractivity contribution < 1.29 is 55.3 Å². The van der Waals surface area contributed by atoms with Crippen molar-refractivity contribution in [1.29, 1.82) is 0 Å². The third-order valence-electron chi connectivity index (χ3n) is 7.71. The second-order valence-corrected chi connectivity index (χ2v) is 12.2. The molecule has 51 heavy (non-hydrogen) atoms. The van der Waals surface area contributed by atoms with Crippen molar-refractivity contribution in [3.8, 4) is 0 Å². The van der Waals surface area contributed by atoms with Crippen LogP contribution in [0.3, 0.4) is 0 Å². The first-order valence-electron chi connectivity index (χ1n) is 15.4. The lowest BCUT2D eigenvalue weighted by Gasteiger charge is -2.12. The fourth-order valence-electron chi connectivity index (χ4n) is 5.22. The Morgan fingerprint density at radius 3 is 1.27 bits per heavy atom. The van der Waals surface area contributed by atoms with E-state index in [0.717, 1.165) is 77.9 Å². The summed E-state index contributed by atoms with van der Waals surface area (Å²) in [6.45, 7) is 3.44. The highest BCUT2D eigenvalue weighted by molar-refractivity contribution is 6.31. The monoisotopic (exact) mass is 754 g/mol. The first kappa shape index (κ1) is 39.0. The number of aliphatic carboxylic acids is 2. The number of aromatic nitrogens is 2. The molecule has 3 aliphatic heterocycles. The molecule has 8 rings (SSSR count). The number of carbonyl (C=O) groups excluding carboxylic acids is 2. The van der Waals surface area contributed by atoms with Crippen LogP contribution in [0.25, 0.3) is 21.8 Å². The van der Waals surface area contributed by atoms with Crippen molar-refractivity contribution in [1.82, 2.24) is 0 Å². The molecule has 3 aliphatic rings. The normalized spacial score (nSPS) is 13.6. The number of halogens is 8. The number of carboxylic acid groups (broad SMARTS) is 2. The molecule has 270 valence electrons. The maximum atomic E-state index is 10.5. The van der Waals surface area contributed by atoms with Crippen LogP contribution in [0.2, 0.25) is 10.0 Å². The molecule has 3 aromatic carbocycles. The lowest BCUT2D eigenvalue weighted by Crippen LogP contribution is -2.37. The van der Waals surface area contributed by atoms with Gasteiger partial charge in [0.2, 0.25) is 11.0 Å². The highest BCUT2D eigenvalue weighted by atomic mass is 35.5. The standard InChI is InChI=1S/C31H28Cl2N4.2C2HF3O2/c32-24-8-10-26-28-12-16-36(30(26)18-24)14-2-1-3-15-37-17-13-29(27-11-9-25(33)19-31(27)37)35-21-23-6-4-22(5-7-23)20-34-28;2*3-2(4,5)1(6)7/h4-13,16-19H,1-3,14-15,20-21H2;2*(H,6,7). The summed E-state index contributed by atoms with van der Waals surface area (Å²) >= 11 is 12.8. The van der Waals surface area contributed by atoms with Gasteiger partial charge in [0, 0.05) is 60.2 Å². The summed E-state index contributed by atoms with van der Waals surface area (Å²) in [5.74, 6) is -6.01. The predicted molar refractivity (Wildman–Crippen MR) is 175 cm³/mol. The molecular weight excluding hydrogens is 725 g/mol. The molecule has 2 N–H and O–H groups in total. The third-order valence-corrected chi connectivity index (χ3v) is 8.18. The Labute approximate surface area is 297 Å². The molecule has 0 aliphatic carbocycles. The van der Waals surface area contributed by atoms with E-state index >= 15 is 0 Å². The minimum Gasteiger partial charge on any atom is -0.542 e. The van der Waals surface area contributed by atoms with Gasteiger partial charge in [0.15, 0.2) is 12.4 Å². The number of aryl methyl sites for hydroxylation is 2. The highest BCUT2D eigenvalue weighted by Gasteiger charge is 2.29. The Morgan fingerprint density at radius 2 is 0.941 bits per heavy atom. The molecule has 0 saturated heterocycles. The van der Waals surface area contributed by atoms with E-state index in [0.29, 0.717) is 0 Å². The predicted octanol–water partition coefficient (Wildman–Crippen LogP) is 5.88. The zero-order valence-electron chi connectivity index (χ0n) is 26.6. The average Bonchev–Trinajstić information content (AvgIpc) is 3.07. The quantitative estimate of drug-likeness (QED) is 0.151. The van der Waals surface area contributed by atoms with Crippen molar-refractivity contribution in [2.24, 2.45) is 0 Å². The van der Waals surface area contributed by atoms with E-state index in [1.807, 2.05) is 12.1 Å². The lowest BCUT2D eigenvalue weighted by atomic mass is 10.1. The first-order chi connectivity index (χ1) is 24.0. The van der Waals surface area contributed by atoms with Crippen molar-refractivity contribution in [2.45, 2.75) is 57.8 Å². The van der Waals surface area contributed by atoms with E-state index in [9.17, 15) is 26.3 Å². The van der Waals surface area contributed by atoms with Gasteiger partial charge >= 0.3 is 12.4 Å². The molecule has 0 radical (unpaired) electrons. The van der Waals surface area contributed by atoms with E-state index in [-0.39, 0.29) is 0 Å². The van der Waals surface area contributed by atoms with E-state index < -0.39 is 24.3 Å². The van der Waals surface area contributed by atoms with E-state index in [1.54, 1.807) is 0 Å². The maximum Gasteiger partial charge on any atom is 0.430 e. The Hall–Kier alpha value is -4.82. The fourth-order valence-corrected chi connectivity index (χ4v) is 5.55. The van der Waals surface area contributed by atoms with Crippen molar-refractivity contribution in [3.63, 3.8) is 0 Å². The Balaban J connectivity index is 0.000000353. The molecule has 0 spiro atoms. The Morgan fingerprint density at radius 1 is 0.588 bits per heavy atom. The summed E-state index contributed by atoms with van der Waals surface area (Å²) in [7, 11) is 0. The highest BCUT2D eigenvalue weighted by Crippen LogP contribution is 2.26. The van der Waals surface area contributed by atoms with Crippen LogP contribution in [0.1, 0.15) is 30.4 Å². The van der Waals surface area contributed by atoms with Crippen LogP contribution in [0, 0.1) is 0 Å². The van der Waals surface area contributed by atoms with Gasteiger partial charge in [-0.25, -0.2) is 0 Å². The van der Waals surface area contributed by atoms with Crippen LogP contribution in [0.5, 0.6) is 0 Å². The van der Waals surface area contributed by atoms with Gasteiger partial charge in [-0.15, -0.1) is 0 Å². The molecule has 6 bridgehead atoms. The molecule has 5 aromatic rings. The Bertz CT molecular complexity index is 1870. The topological polar surface area (TPSA) is 112 Å². The molecule has 2 aromatic heterocycles. The molecule has 0 unspecified atom stereocenters. The van der Waals surface area contributed by atoms with Gasteiger partial charge < -0.3 is 30.4 Å². The summed E-state index contributed by atoms with van der Waals surface area (Å²) in [5, 5.41) is 28.8. The molecule has 16 heteroatoms. The lowest BCUT2D eigenvalue weighted by molar-refractivity contribution is -0.675. The van der Waals surface area contributed by atoms with Gasteiger partial charge in [-0.05, 0) is 41.8 Å². The summed E-state index contributed by atoms with van der Waals surface area (Å²) in [6, 6.07) is 25.5. The minimum absolute atomic E-state index is 0.763. The average molecular weight is 756 g/mol. The number of hydrogen-bond acceptors (Lipinski definition) is 6. The number of pyridine rings is 2. The number of benzene rings is 3. The van der Waals surface area contributed by atoms with Gasteiger partial charge in [0.25, 0.3) is 0 Å². The van der Waals surface area contributed by atoms with E-state index in [2.05, 4.69) is 92.8 Å². The molecular formula is C35H30Cl2F6N4O4. The maximum absolute atomic E-state index is 10.5. The number of hydrogen-bond donors (Lipinski definition) is 2. The zero-order chi connectivity index (χ0) is 37.3. The minimum atomic E-state index is -5.19. The number of rotatable bonds is 0.